The molecule has 0 spiro atoms. The van der Waals surface area contributed by atoms with Gasteiger partial charge in [0.15, 0.2) is 0 Å². The predicted molar refractivity (Wildman–Crippen MR) is 40.4 cm³/mol. The standard InChI is InChI=1S/C7H14Si/c1-4-5-8-6-7(2)3/h4,7H,1,5-6H2,2-3H3. The first-order valence-corrected chi connectivity index (χ1v) is 4.50. The van der Waals surface area contributed by atoms with Crippen molar-refractivity contribution in [3.05, 3.63) is 12.7 Å². The second-order valence-corrected chi connectivity index (χ2v) is 3.66. The molecule has 0 aromatic carbocycles. The molecule has 46 valence electrons. The van der Waals surface area contributed by atoms with Crippen LogP contribution in [0.5, 0.6) is 0 Å². The zero-order valence-corrected chi connectivity index (χ0v) is 6.78. The largest absolute Gasteiger partial charge is 0.103 e. The van der Waals surface area contributed by atoms with Gasteiger partial charge in [0.2, 0.25) is 0 Å². The van der Waals surface area contributed by atoms with Gasteiger partial charge in [0.1, 0.15) is 0 Å². The van der Waals surface area contributed by atoms with E-state index in [0.29, 0.717) is 0 Å². The van der Waals surface area contributed by atoms with Gasteiger partial charge in [-0.05, 0) is 12.0 Å². The van der Waals surface area contributed by atoms with Crippen LogP contribution in [0.3, 0.4) is 0 Å². The van der Waals surface area contributed by atoms with Crippen molar-refractivity contribution in [3.8, 4) is 0 Å². The molecule has 0 amide bonds. The zero-order valence-electron chi connectivity index (χ0n) is 5.78. The molecule has 0 fully saturated rings. The number of rotatable bonds is 4. The summed E-state index contributed by atoms with van der Waals surface area (Å²) in [6.07, 6.45) is 2.00. The van der Waals surface area contributed by atoms with Crippen molar-refractivity contribution in [2.75, 3.05) is 0 Å². The summed E-state index contributed by atoms with van der Waals surface area (Å²) in [6.45, 7) is 8.18. The Labute approximate surface area is 54.8 Å². The van der Waals surface area contributed by atoms with Crippen LogP contribution in [0, 0.1) is 5.92 Å². The zero-order chi connectivity index (χ0) is 6.41. The van der Waals surface area contributed by atoms with Crippen LogP contribution in [0.25, 0.3) is 0 Å². The van der Waals surface area contributed by atoms with Gasteiger partial charge in [-0.15, -0.1) is 6.58 Å². The lowest BCUT2D eigenvalue weighted by Crippen LogP contribution is -1.92. The van der Waals surface area contributed by atoms with Gasteiger partial charge >= 0.3 is 0 Å². The molecule has 0 unspecified atom stereocenters. The molecule has 0 bridgehead atoms. The minimum absolute atomic E-state index is 0.869. The van der Waals surface area contributed by atoms with Gasteiger partial charge in [0.25, 0.3) is 0 Å². The topological polar surface area (TPSA) is 0 Å². The first kappa shape index (κ1) is 7.96. The summed E-state index contributed by atoms with van der Waals surface area (Å²) in [7, 11) is 1.09. The van der Waals surface area contributed by atoms with E-state index in [-0.39, 0.29) is 0 Å². The van der Waals surface area contributed by atoms with Crippen LogP contribution in [0.2, 0.25) is 12.1 Å². The molecule has 8 heavy (non-hydrogen) atoms. The summed E-state index contributed by atoms with van der Waals surface area (Å²) in [4.78, 5) is 0. The van der Waals surface area contributed by atoms with Crippen LogP contribution in [-0.2, 0) is 0 Å². The molecule has 0 aromatic rings. The molecule has 0 aliphatic heterocycles. The van der Waals surface area contributed by atoms with Crippen molar-refractivity contribution in [2.24, 2.45) is 5.92 Å². The quantitative estimate of drug-likeness (QED) is 0.308. The highest BCUT2D eigenvalue weighted by Crippen LogP contribution is 1.99. The Bertz CT molecular complexity index is 57.4. The third kappa shape index (κ3) is 5.96. The van der Waals surface area contributed by atoms with Gasteiger partial charge in [-0.1, -0.05) is 26.0 Å². The average Bonchev–Trinajstić information content (AvgIpc) is 1.66. The maximum atomic E-state index is 3.66. The van der Waals surface area contributed by atoms with E-state index in [1.165, 1.54) is 12.1 Å². The SMILES string of the molecule is C=CC[Si]CC(C)C. The first-order valence-electron chi connectivity index (χ1n) is 3.09. The van der Waals surface area contributed by atoms with Gasteiger partial charge in [-0.2, -0.15) is 0 Å². The van der Waals surface area contributed by atoms with Crippen LogP contribution in [0.4, 0.5) is 0 Å². The van der Waals surface area contributed by atoms with E-state index in [2.05, 4.69) is 20.4 Å². The molecular weight excluding hydrogens is 112 g/mol. The molecule has 0 atom stereocenters. The van der Waals surface area contributed by atoms with Crippen LogP contribution < -0.4 is 0 Å². The van der Waals surface area contributed by atoms with Gasteiger partial charge in [0.05, 0.1) is 0 Å². The molecule has 0 N–H and O–H groups in total. The van der Waals surface area contributed by atoms with Crippen molar-refractivity contribution in [3.63, 3.8) is 0 Å². The molecule has 0 heterocycles. The first-order chi connectivity index (χ1) is 3.77. The van der Waals surface area contributed by atoms with E-state index in [4.69, 9.17) is 0 Å². The van der Waals surface area contributed by atoms with E-state index in [1.807, 2.05) is 6.08 Å². The number of hydrogen-bond donors (Lipinski definition) is 0. The Hall–Kier alpha value is -0.0431. The third-order valence-corrected chi connectivity index (χ3v) is 2.52. The second-order valence-electron chi connectivity index (χ2n) is 2.34. The van der Waals surface area contributed by atoms with Crippen molar-refractivity contribution >= 4 is 9.52 Å². The summed E-state index contributed by atoms with van der Waals surface area (Å²) in [5.41, 5.74) is 0. The molecule has 0 rings (SSSR count). The summed E-state index contributed by atoms with van der Waals surface area (Å²) in [6, 6.07) is 2.57. The van der Waals surface area contributed by atoms with Crippen LogP contribution >= 0.6 is 0 Å². The van der Waals surface area contributed by atoms with Crippen molar-refractivity contribution in [1.29, 1.82) is 0 Å². The Kier molecular flexibility index (Phi) is 5.07. The van der Waals surface area contributed by atoms with E-state index in [0.717, 1.165) is 15.4 Å². The van der Waals surface area contributed by atoms with Crippen molar-refractivity contribution in [1.82, 2.24) is 0 Å². The van der Waals surface area contributed by atoms with Crippen molar-refractivity contribution in [2.45, 2.75) is 25.9 Å². The summed E-state index contributed by atoms with van der Waals surface area (Å²) in [5.74, 6) is 0.869. The Morgan fingerprint density at radius 1 is 1.62 bits per heavy atom. The van der Waals surface area contributed by atoms with E-state index < -0.39 is 0 Å². The Balaban J connectivity index is 2.81. The maximum Gasteiger partial charge on any atom is 0.0423 e. The number of allylic oxidation sites excluding steroid dienone is 1. The summed E-state index contributed by atoms with van der Waals surface area (Å²) < 4.78 is 0. The molecule has 0 aliphatic rings. The lowest BCUT2D eigenvalue weighted by atomic mass is 10.3. The average molecular weight is 126 g/mol. The van der Waals surface area contributed by atoms with Gasteiger partial charge in [-0.25, -0.2) is 0 Å². The molecule has 0 saturated carbocycles. The molecule has 0 aromatic heterocycles. The molecule has 0 saturated heterocycles. The van der Waals surface area contributed by atoms with E-state index in [9.17, 15) is 0 Å². The minimum Gasteiger partial charge on any atom is -0.103 e. The smallest absolute Gasteiger partial charge is 0.0423 e. The summed E-state index contributed by atoms with van der Waals surface area (Å²) >= 11 is 0. The van der Waals surface area contributed by atoms with Gasteiger partial charge in [0, 0.05) is 9.52 Å². The molecule has 0 aliphatic carbocycles. The highest BCUT2D eigenvalue weighted by Gasteiger charge is 1.90. The monoisotopic (exact) mass is 126 g/mol. The summed E-state index contributed by atoms with van der Waals surface area (Å²) in [5, 5.41) is 0. The highest BCUT2D eigenvalue weighted by molar-refractivity contribution is 6.36. The molecule has 0 nitrogen and oxygen atoms in total. The van der Waals surface area contributed by atoms with Gasteiger partial charge in [-0.3, -0.25) is 0 Å². The fourth-order valence-corrected chi connectivity index (χ4v) is 1.42. The molecular formula is C7H14Si. The fourth-order valence-electron chi connectivity index (χ4n) is 0.474. The molecule has 1 heteroatoms. The van der Waals surface area contributed by atoms with Crippen molar-refractivity contribution < 1.29 is 0 Å². The third-order valence-electron chi connectivity index (χ3n) is 0.841. The molecule has 2 radical (unpaired) electrons. The minimum atomic E-state index is 0.869. The highest BCUT2D eigenvalue weighted by atomic mass is 28.2. The second kappa shape index (κ2) is 5.10. The fraction of sp³-hybridized carbons (Fsp3) is 0.714. The Morgan fingerprint density at radius 2 is 2.25 bits per heavy atom. The lowest BCUT2D eigenvalue weighted by molar-refractivity contribution is 0.730. The Morgan fingerprint density at radius 3 is 2.62 bits per heavy atom. The maximum absolute atomic E-state index is 3.66. The normalized spacial score (nSPS) is 9.88. The number of hydrogen-bond acceptors (Lipinski definition) is 0. The van der Waals surface area contributed by atoms with E-state index in [1.54, 1.807) is 0 Å². The van der Waals surface area contributed by atoms with E-state index >= 15 is 0 Å². The van der Waals surface area contributed by atoms with Crippen LogP contribution in [-0.4, -0.2) is 9.52 Å². The lowest BCUT2D eigenvalue weighted by Gasteiger charge is -1.98. The van der Waals surface area contributed by atoms with Crippen LogP contribution in [0.15, 0.2) is 12.7 Å². The van der Waals surface area contributed by atoms with Crippen LogP contribution in [0.1, 0.15) is 13.8 Å². The van der Waals surface area contributed by atoms with Gasteiger partial charge < -0.3 is 0 Å². The predicted octanol–water partition coefficient (Wildman–Crippen LogP) is 2.37.